The number of carbonyl (C=O) groups is 2. The molecular weight excluding hydrogens is 344 g/mol. The summed E-state index contributed by atoms with van der Waals surface area (Å²) in [4.78, 5) is 29.1. The van der Waals surface area contributed by atoms with Crippen molar-refractivity contribution in [2.24, 2.45) is 0 Å². The highest BCUT2D eigenvalue weighted by atomic mass is 16.5. The van der Waals surface area contributed by atoms with Crippen LogP contribution < -0.4 is 4.74 Å². The fourth-order valence-electron chi connectivity index (χ4n) is 3.82. The van der Waals surface area contributed by atoms with Gasteiger partial charge in [-0.25, -0.2) is 0 Å². The van der Waals surface area contributed by atoms with Gasteiger partial charge in [0.25, 0.3) is 5.91 Å². The van der Waals surface area contributed by atoms with E-state index in [9.17, 15) is 9.59 Å². The van der Waals surface area contributed by atoms with Crippen molar-refractivity contribution in [1.82, 2.24) is 9.80 Å². The van der Waals surface area contributed by atoms with E-state index in [4.69, 9.17) is 9.47 Å². The van der Waals surface area contributed by atoms with Crippen LogP contribution in [0.5, 0.6) is 5.75 Å². The number of hydrogen-bond acceptors (Lipinski definition) is 4. The van der Waals surface area contributed by atoms with E-state index in [0.717, 1.165) is 41.7 Å². The predicted octanol–water partition coefficient (Wildman–Crippen LogP) is 2.09. The van der Waals surface area contributed by atoms with Gasteiger partial charge in [0, 0.05) is 38.3 Å². The molecule has 2 heterocycles. The highest BCUT2D eigenvalue weighted by Crippen LogP contribution is 2.24. The molecule has 1 aromatic rings. The van der Waals surface area contributed by atoms with E-state index < -0.39 is 0 Å². The zero-order valence-corrected chi connectivity index (χ0v) is 16.6. The Balaban J connectivity index is 1.61. The molecule has 0 N–H and O–H groups in total. The second-order valence-corrected chi connectivity index (χ2v) is 7.49. The number of benzene rings is 1. The minimum atomic E-state index is -0.285. The standard InChI is InChI=1S/C21H30N2O4/c1-15-12-17(19(26-3)13-16(15)2)14-20(24)22-7-5-8-23(10-9-22)21(25)18-6-4-11-27-18/h12-13,18H,4-11,14H2,1-3H3. The van der Waals surface area contributed by atoms with E-state index in [0.29, 0.717) is 39.2 Å². The number of rotatable bonds is 4. The molecule has 148 valence electrons. The van der Waals surface area contributed by atoms with Crippen molar-refractivity contribution in [3.05, 3.63) is 28.8 Å². The smallest absolute Gasteiger partial charge is 0.251 e. The summed E-state index contributed by atoms with van der Waals surface area (Å²) < 4.78 is 11.0. The summed E-state index contributed by atoms with van der Waals surface area (Å²) >= 11 is 0. The quantitative estimate of drug-likeness (QED) is 0.810. The first-order valence-electron chi connectivity index (χ1n) is 9.82. The molecule has 0 bridgehead atoms. The molecule has 2 amide bonds. The molecule has 6 nitrogen and oxygen atoms in total. The SMILES string of the molecule is COc1cc(C)c(C)cc1CC(=O)N1CCCN(C(=O)C2CCCO2)CC1. The second-order valence-electron chi connectivity index (χ2n) is 7.49. The first-order valence-corrected chi connectivity index (χ1v) is 9.82. The lowest BCUT2D eigenvalue weighted by Gasteiger charge is -2.24. The lowest BCUT2D eigenvalue weighted by Crippen LogP contribution is -2.42. The van der Waals surface area contributed by atoms with E-state index in [2.05, 4.69) is 0 Å². The van der Waals surface area contributed by atoms with E-state index in [1.807, 2.05) is 35.8 Å². The van der Waals surface area contributed by atoms with E-state index in [1.54, 1.807) is 7.11 Å². The van der Waals surface area contributed by atoms with Crippen molar-refractivity contribution in [2.45, 2.75) is 45.6 Å². The van der Waals surface area contributed by atoms with Crippen molar-refractivity contribution < 1.29 is 19.1 Å². The lowest BCUT2D eigenvalue weighted by atomic mass is 10.0. The van der Waals surface area contributed by atoms with Crippen molar-refractivity contribution in [2.75, 3.05) is 39.9 Å². The molecule has 1 aromatic carbocycles. The molecule has 2 aliphatic heterocycles. The zero-order valence-electron chi connectivity index (χ0n) is 16.6. The third-order valence-electron chi connectivity index (χ3n) is 5.60. The van der Waals surface area contributed by atoms with Crippen molar-refractivity contribution >= 4 is 11.8 Å². The molecule has 2 saturated heterocycles. The van der Waals surface area contributed by atoms with Gasteiger partial charge in [0.05, 0.1) is 13.5 Å². The minimum Gasteiger partial charge on any atom is -0.496 e. The zero-order chi connectivity index (χ0) is 19.4. The van der Waals surface area contributed by atoms with E-state index >= 15 is 0 Å². The van der Waals surface area contributed by atoms with Gasteiger partial charge in [-0.3, -0.25) is 9.59 Å². The average Bonchev–Trinajstić information content (AvgIpc) is 3.08. The Morgan fingerprint density at radius 2 is 1.78 bits per heavy atom. The molecule has 27 heavy (non-hydrogen) atoms. The van der Waals surface area contributed by atoms with Gasteiger partial charge in [-0.05, 0) is 50.3 Å². The number of amides is 2. The number of aryl methyl sites for hydroxylation is 2. The van der Waals surface area contributed by atoms with Crippen LogP contribution in [0.25, 0.3) is 0 Å². The molecule has 2 aliphatic rings. The Bertz CT molecular complexity index is 698. The van der Waals surface area contributed by atoms with Crippen LogP contribution in [0.4, 0.5) is 0 Å². The van der Waals surface area contributed by atoms with Crippen LogP contribution in [0.2, 0.25) is 0 Å². The summed E-state index contributed by atoms with van der Waals surface area (Å²) in [5.41, 5.74) is 3.23. The second kappa shape index (κ2) is 8.74. The maximum Gasteiger partial charge on any atom is 0.251 e. The van der Waals surface area contributed by atoms with Gasteiger partial charge in [-0.15, -0.1) is 0 Å². The first-order chi connectivity index (χ1) is 13.0. The number of hydrogen-bond donors (Lipinski definition) is 0. The number of nitrogens with zero attached hydrogens (tertiary/aromatic N) is 2. The van der Waals surface area contributed by atoms with Gasteiger partial charge in [-0.1, -0.05) is 6.07 Å². The molecule has 0 aliphatic carbocycles. The van der Waals surface area contributed by atoms with Crippen LogP contribution in [0, 0.1) is 13.8 Å². The van der Waals surface area contributed by atoms with Gasteiger partial charge >= 0.3 is 0 Å². The number of methoxy groups -OCH3 is 1. The van der Waals surface area contributed by atoms with Crippen LogP contribution in [0.3, 0.4) is 0 Å². The molecule has 1 atom stereocenters. The summed E-state index contributed by atoms with van der Waals surface area (Å²) in [7, 11) is 1.64. The Labute approximate surface area is 161 Å². The first kappa shape index (κ1) is 19.7. The van der Waals surface area contributed by atoms with E-state index in [1.165, 1.54) is 0 Å². The van der Waals surface area contributed by atoms with Crippen LogP contribution in [0.15, 0.2) is 12.1 Å². The Hall–Kier alpha value is -2.08. The molecule has 6 heteroatoms. The molecule has 0 radical (unpaired) electrons. The Morgan fingerprint density at radius 3 is 2.48 bits per heavy atom. The van der Waals surface area contributed by atoms with Crippen LogP contribution in [-0.4, -0.2) is 67.6 Å². The summed E-state index contributed by atoms with van der Waals surface area (Å²) in [6.07, 6.45) is 2.60. The molecule has 2 fully saturated rings. The van der Waals surface area contributed by atoms with E-state index in [-0.39, 0.29) is 17.9 Å². The number of carbonyl (C=O) groups excluding carboxylic acids is 2. The highest BCUT2D eigenvalue weighted by Gasteiger charge is 2.30. The lowest BCUT2D eigenvalue weighted by molar-refractivity contribution is -0.141. The summed E-state index contributed by atoms with van der Waals surface area (Å²) in [6, 6.07) is 4.03. The van der Waals surface area contributed by atoms with Gasteiger partial charge < -0.3 is 19.3 Å². The largest absolute Gasteiger partial charge is 0.496 e. The molecule has 3 rings (SSSR count). The molecular formula is C21H30N2O4. The summed E-state index contributed by atoms with van der Waals surface area (Å²) in [5.74, 6) is 0.928. The van der Waals surface area contributed by atoms with Gasteiger partial charge in [0.2, 0.25) is 5.91 Å². The van der Waals surface area contributed by atoms with Crippen LogP contribution in [-0.2, 0) is 20.7 Å². The third kappa shape index (κ3) is 4.61. The van der Waals surface area contributed by atoms with Crippen molar-refractivity contribution in [1.29, 1.82) is 0 Å². The summed E-state index contributed by atoms with van der Waals surface area (Å²) in [5, 5.41) is 0. The minimum absolute atomic E-state index is 0.0811. The molecule has 0 spiro atoms. The van der Waals surface area contributed by atoms with Crippen molar-refractivity contribution in [3.63, 3.8) is 0 Å². The highest BCUT2D eigenvalue weighted by molar-refractivity contribution is 5.82. The molecule has 0 aromatic heterocycles. The Morgan fingerprint density at radius 1 is 1.07 bits per heavy atom. The van der Waals surface area contributed by atoms with Crippen LogP contribution in [0.1, 0.15) is 36.0 Å². The predicted molar refractivity (Wildman–Crippen MR) is 103 cm³/mol. The monoisotopic (exact) mass is 374 g/mol. The van der Waals surface area contributed by atoms with Crippen molar-refractivity contribution in [3.8, 4) is 5.75 Å². The molecule has 1 unspecified atom stereocenters. The summed E-state index contributed by atoms with van der Waals surface area (Å²) in [6.45, 7) is 7.28. The molecule has 0 saturated carbocycles. The van der Waals surface area contributed by atoms with Gasteiger partial charge in [-0.2, -0.15) is 0 Å². The number of ether oxygens (including phenoxy) is 2. The van der Waals surface area contributed by atoms with Gasteiger partial charge in [0.15, 0.2) is 0 Å². The fourth-order valence-corrected chi connectivity index (χ4v) is 3.82. The Kier molecular flexibility index (Phi) is 6.37. The fraction of sp³-hybridized carbons (Fsp3) is 0.619. The maximum absolute atomic E-state index is 12.9. The topological polar surface area (TPSA) is 59.1 Å². The normalized spacial score (nSPS) is 20.5. The van der Waals surface area contributed by atoms with Gasteiger partial charge in [0.1, 0.15) is 11.9 Å². The van der Waals surface area contributed by atoms with Crippen LogP contribution >= 0.6 is 0 Å². The maximum atomic E-state index is 12.9. The average molecular weight is 374 g/mol. The third-order valence-corrected chi connectivity index (χ3v) is 5.60.